The minimum Gasteiger partial charge on any atom is -0.508 e. The minimum atomic E-state index is -1.02. The maximum Gasteiger partial charge on any atom is 0.407 e. The number of rotatable bonds is 33. The number of nitrogens with zero attached hydrogens (tertiary/aromatic N) is 1. The van der Waals surface area contributed by atoms with Gasteiger partial charge in [0, 0.05) is 63.7 Å². The Bertz CT molecular complexity index is 3480. The Balaban J connectivity index is 0.923. The van der Waals surface area contributed by atoms with Crippen molar-refractivity contribution in [1.82, 2.24) is 47.9 Å². The zero-order valence-corrected chi connectivity index (χ0v) is 53.7. The van der Waals surface area contributed by atoms with Gasteiger partial charge in [-0.15, -0.1) is 0 Å². The monoisotopic (exact) mass is 1290 g/mol. The molecule has 23 heteroatoms. The van der Waals surface area contributed by atoms with Crippen LogP contribution in [0, 0.1) is 0 Å². The van der Waals surface area contributed by atoms with Crippen molar-refractivity contribution in [3.8, 4) is 22.6 Å². The Morgan fingerprint density at radius 1 is 0.553 bits per heavy atom. The van der Waals surface area contributed by atoms with E-state index in [0.29, 0.717) is 67.5 Å². The first-order valence-electron chi connectivity index (χ1n) is 31.8. The van der Waals surface area contributed by atoms with Crippen LogP contribution in [0.15, 0.2) is 157 Å². The average molecular weight is 1290 g/mol. The minimum absolute atomic E-state index is 0.0659. The predicted octanol–water partition coefficient (Wildman–Crippen LogP) is 8.05. The molecular weight excluding hydrogens is 1200 g/mol. The van der Waals surface area contributed by atoms with E-state index >= 15 is 0 Å². The highest BCUT2D eigenvalue weighted by atomic mass is 16.6. The number of guanidine groups is 1. The summed E-state index contributed by atoms with van der Waals surface area (Å²) in [6.07, 6.45) is 1.84. The molecule has 1 aliphatic carbocycles. The zero-order valence-electron chi connectivity index (χ0n) is 53.7. The number of nitrogens with one attached hydrogen (secondary N) is 9. The van der Waals surface area contributed by atoms with Crippen molar-refractivity contribution in [2.24, 2.45) is 10.7 Å². The van der Waals surface area contributed by atoms with Gasteiger partial charge in [0.05, 0.1) is 12.5 Å². The van der Waals surface area contributed by atoms with Crippen LogP contribution in [0.4, 0.5) is 14.4 Å². The number of hydrogen-bond donors (Lipinski definition) is 11. The second kappa shape index (κ2) is 36.6. The maximum atomic E-state index is 14.6. The Hall–Kier alpha value is -10.5. The summed E-state index contributed by atoms with van der Waals surface area (Å²) in [6, 6.07) is 42.9. The van der Waals surface area contributed by atoms with Gasteiger partial charge in [0.15, 0.2) is 5.96 Å². The van der Waals surface area contributed by atoms with Gasteiger partial charge in [-0.05, 0) is 147 Å². The van der Waals surface area contributed by atoms with Crippen LogP contribution in [0.3, 0.4) is 0 Å². The van der Waals surface area contributed by atoms with E-state index in [9.17, 15) is 43.5 Å². The Labute approximate surface area is 548 Å². The molecule has 6 aromatic rings. The van der Waals surface area contributed by atoms with Crippen molar-refractivity contribution < 1.29 is 57.7 Å². The van der Waals surface area contributed by atoms with E-state index in [0.717, 1.165) is 33.4 Å². The molecule has 3 atom stereocenters. The van der Waals surface area contributed by atoms with Crippen molar-refractivity contribution in [3.63, 3.8) is 0 Å². The summed E-state index contributed by atoms with van der Waals surface area (Å²) in [5.41, 5.74) is 12.9. The standard InChI is InChI=1S/C71H87N11O12/c1-5-61(84)73-40-41-77-68(89)82-67(72)76-39-18-28-59(65(87)78-44-48-31-35-52(83)36-32-48)80-66(88)62(49-19-7-6-8-20-49)51-21-17-22-53(43-51)92-42-16-15-38-75-64(86)60(81-70(91)93-46-58-56-25-11-9-23-54(56)55-24-10-12-26-57(55)58)27-13-14-37-74-63(85)50-33-29-47(30-34-50)45-79-69(90)94-71(2,3)4/h6-12,17,19-26,29-36,43,58-60,62,83H,5,13-16,18,27-28,37-42,44-46H2,1-4H3,(H,73,84)(H,74,85)(H,75,86)(H,78,87)(H,79,90)(H,80,88)(H,81,91)(H4,72,76,77,82,89)/t59-,60-,62?/m1/s1. The molecule has 0 aliphatic heterocycles. The third-order valence-corrected chi connectivity index (χ3v) is 15.2. The summed E-state index contributed by atoms with van der Waals surface area (Å²) >= 11 is 0. The van der Waals surface area contributed by atoms with E-state index in [1.165, 1.54) is 12.1 Å². The number of hydrogen-bond acceptors (Lipinski definition) is 12. The van der Waals surface area contributed by atoms with E-state index in [-0.39, 0.29) is 94.8 Å². The number of amides is 9. The third-order valence-electron chi connectivity index (χ3n) is 15.2. The average Bonchev–Trinajstić information content (AvgIpc) is 1.61. The Kier molecular flexibility index (Phi) is 27.6. The summed E-state index contributed by atoms with van der Waals surface area (Å²) < 4.78 is 17.4. The second-order valence-electron chi connectivity index (χ2n) is 23.5. The SMILES string of the molecule is CCC(=O)NCCNC(=O)/N=C(/N)NCCC[C@@H](NC(=O)C(c1ccccc1)c1cccc(OCCCCNC(=O)[C@@H](CCCCNC(=O)c2ccc(CNC(=O)OC(C)(C)C)cc2)NC(=O)OCC2c3ccccc3-c3ccccc32)c1)C(=O)NCc1ccc(O)cc1. The van der Waals surface area contributed by atoms with Gasteiger partial charge in [0.25, 0.3) is 5.91 Å². The van der Waals surface area contributed by atoms with E-state index in [4.69, 9.17) is 19.9 Å². The van der Waals surface area contributed by atoms with Gasteiger partial charge < -0.3 is 72.9 Å². The molecule has 9 amide bonds. The van der Waals surface area contributed by atoms with Crippen LogP contribution >= 0.6 is 0 Å². The summed E-state index contributed by atoms with van der Waals surface area (Å²) in [4.78, 5) is 109. The fourth-order valence-electron chi connectivity index (χ4n) is 10.4. The Morgan fingerprint density at radius 3 is 1.83 bits per heavy atom. The number of unbranched alkanes of at least 4 members (excludes halogenated alkanes) is 2. The molecule has 0 saturated heterocycles. The summed E-state index contributed by atoms with van der Waals surface area (Å²) in [5, 5.41) is 35.2. The lowest BCUT2D eigenvalue weighted by atomic mass is 9.90. The van der Waals surface area contributed by atoms with Crippen LogP contribution in [0.2, 0.25) is 0 Å². The van der Waals surface area contributed by atoms with E-state index < -0.39 is 59.5 Å². The number of ether oxygens (including phenoxy) is 3. The van der Waals surface area contributed by atoms with E-state index in [1.54, 1.807) is 82.3 Å². The number of nitrogens with two attached hydrogens (primary N) is 1. The summed E-state index contributed by atoms with van der Waals surface area (Å²) in [5.74, 6) is -2.37. The molecule has 0 fully saturated rings. The van der Waals surface area contributed by atoms with E-state index in [2.05, 4.69) is 65.0 Å². The number of aliphatic imine (C=N–C) groups is 1. The van der Waals surface area contributed by atoms with Crippen molar-refractivity contribution in [2.45, 2.75) is 122 Å². The molecule has 498 valence electrons. The van der Waals surface area contributed by atoms with Gasteiger partial charge >= 0.3 is 18.2 Å². The number of phenols is 1. The molecule has 0 saturated carbocycles. The van der Waals surface area contributed by atoms with Crippen LogP contribution < -0.4 is 58.3 Å². The topological polar surface area (TPSA) is 331 Å². The van der Waals surface area contributed by atoms with Crippen molar-refractivity contribution >= 4 is 53.7 Å². The predicted molar refractivity (Wildman–Crippen MR) is 358 cm³/mol. The van der Waals surface area contributed by atoms with Crippen LogP contribution in [-0.4, -0.2) is 122 Å². The molecule has 0 bridgehead atoms. The molecule has 0 spiro atoms. The van der Waals surface area contributed by atoms with Gasteiger partial charge in [0.1, 0.15) is 35.8 Å². The maximum absolute atomic E-state index is 14.6. The van der Waals surface area contributed by atoms with Gasteiger partial charge in [-0.2, -0.15) is 4.99 Å². The normalized spacial score (nSPS) is 12.7. The van der Waals surface area contributed by atoms with Crippen LogP contribution in [0.1, 0.15) is 135 Å². The number of fused-ring (bicyclic) bond motifs is 3. The highest BCUT2D eigenvalue weighted by Gasteiger charge is 2.31. The smallest absolute Gasteiger partial charge is 0.407 e. The lowest BCUT2D eigenvalue weighted by Gasteiger charge is -2.24. The molecule has 6 aromatic carbocycles. The zero-order chi connectivity index (χ0) is 67.2. The number of phenolic OH excluding ortho intramolecular Hbond substituents is 1. The van der Waals surface area contributed by atoms with Crippen molar-refractivity contribution in [1.29, 1.82) is 0 Å². The summed E-state index contributed by atoms with van der Waals surface area (Å²) in [6.45, 7) is 8.92. The van der Waals surface area contributed by atoms with Gasteiger partial charge in [-0.3, -0.25) is 24.0 Å². The van der Waals surface area contributed by atoms with Crippen molar-refractivity contribution in [3.05, 3.63) is 191 Å². The molecule has 7 rings (SSSR count). The number of carbonyl (C=O) groups excluding carboxylic acids is 8. The van der Waals surface area contributed by atoms with Crippen LogP contribution in [0.5, 0.6) is 11.5 Å². The number of alkyl carbamates (subject to hydrolysis) is 2. The fraction of sp³-hybridized carbons (Fsp3) is 0.366. The quantitative estimate of drug-likeness (QED) is 0.0106. The molecular formula is C71H87N11O12. The van der Waals surface area contributed by atoms with Crippen LogP contribution in [-0.2, 0) is 41.7 Å². The molecule has 0 radical (unpaired) electrons. The molecule has 1 aliphatic rings. The largest absolute Gasteiger partial charge is 0.508 e. The first kappa shape index (κ1) is 71.0. The first-order chi connectivity index (χ1) is 45.3. The Morgan fingerprint density at radius 2 is 1.14 bits per heavy atom. The molecule has 0 aromatic heterocycles. The lowest BCUT2D eigenvalue weighted by Crippen LogP contribution is -2.48. The summed E-state index contributed by atoms with van der Waals surface area (Å²) in [7, 11) is 0. The fourth-order valence-corrected chi connectivity index (χ4v) is 10.4. The number of aromatic hydroxyl groups is 1. The lowest BCUT2D eigenvalue weighted by molar-refractivity contribution is -0.129. The van der Waals surface area contributed by atoms with E-state index in [1.807, 2.05) is 72.8 Å². The first-order valence-corrected chi connectivity index (χ1v) is 31.8. The number of carbonyl (C=O) groups is 8. The molecule has 1 unspecified atom stereocenters. The van der Waals surface area contributed by atoms with Crippen LogP contribution in [0.25, 0.3) is 11.1 Å². The highest BCUT2D eigenvalue weighted by Crippen LogP contribution is 2.44. The molecule has 23 nitrogen and oxygen atoms in total. The molecule has 94 heavy (non-hydrogen) atoms. The second-order valence-corrected chi connectivity index (χ2v) is 23.5. The highest BCUT2D eigenvalue weighted by molar-refractivity contribution is 5.95. The van der Waals surface area contributed by atoms with Gasteiger partial charge in [-0.25, -0.2) is 14.4 Å². The third kappa shape index (κ3) is 23.3. The van der Waals surface area contributed by atoms with Gasteiger partial charge in [-0.1, -0.05) is 122 Å². The molecule has 12 N–H and O–H groups in total. The van der Waals surface area contributed by atoms with Crippen molar-refractivity contribution in [2.75, 3.05) is 45.9 Å². The molecule has 0 heterocycles. The van der Waals surface area contributed by atoms with Gasteiger partial charge in [0.2, 0.25) is 23.6 Å². The number of urea groups is 1. The number of benzene rings is 6.